The third-order valence-corrected chi connectivity index (χ3v) is 2.88. The van der Waals surface area contributed by atoms with Crippen molar-refractivity contribution in [2.24, 2.45) is 5.92 Å². The first kappa shape index (κ1) is 12.1. The van der Waals surface area contributed by atoms with Crippen LogP contribution in [-0.2, 0) is 9.53 Å². The van der Waals surface area contributed by atoms with Crippen LogP contribution in [0.15, 0.2) is 34.9 Å². The van der Waals surface area contributed by atoms with Crippen LogP contribution in [0.1, 0.15) is 20.8 Å². The highest BCUT2D eigenvalue weighted by molar-refractivity contribution is 6.30. The molecule has 2 unspecified atom stereocenters. The summed E-state index contributed by atoms with van der Waals surface area (Å²) in [4.78, 5) is 11.6. The minimum atomic E-state index is -0.285. The van der Waals surface area contributed by atoms with Crippen molar-refractivity contribution in [2.75, 3.05) is 0 Å². The molecule has 2 atom stereocenters. The Morgan fingerprint density at radius 2 is 2.13 bits per heavy atom. The van der Waals surface area contributed by atoms with Crippen molar-refractivity contribution in [3.63, 3.8) is 0 Å². The van der Waals surface area contributed by atoms with Crippen molar-refractivity contribution in [1.82, 2.24) is 0 Å². The number of ether oxygens (including phenoxy) is 1. The average Bonchev–Trinajstić information content (AvgIpc) is 2.14. The number of carbonyl (C=O) groups is 1. The van der Waals surface area contributed by atoms with Gasteiger partial charge in [-0.15, -0.1) is 0 Å². The molecule has 0 spiro atoms. The van der Waals surface area contributed by atoms with Gasteiger partial charge >= 0.3 is 5.97 Å². The number of esters is 1. The first-order chi connectivity index (χ1) is 6.93. The van der Waals surface area contributed by atoms with Crippen LogP contribution in [0, 0.1) is 5.92 Å². The molecule has 0 saturated heterocycles. The van der Waals surface area contributed by atoms with E-state index in [1.807, 2.05) is 20.8 Å². The zero-order valence-corrected chi connectivity index (χ0v) is 9.97. The highest BCUT2D eigenvalue weighted by atomic mass is 35.5. The molecule has 0 saturated carbocycles. The van der Waals surface area contributed by atoms with E-state index in [-0.39, 0.29) is 18.0 Å². The number of halogens is 1. The molecule has 3 heteroatoms. The van der Waals surface area contributed by atoms with E-state index in [2.05, 4.69) is 6.58 Å². The molecule has 1 rings (SSSR count). The summed E-state index contributed by atoms with van der Waals surface area (Å²) < 4.78 is 5.19. The van der Waals surface area contributed by atoms with E-state index in [9.17, 15) is 4.79 Å². The molecule has 0 N–H and O–H groups in total. The molecule has 0 radical (unpaired) electrons. The molecule has 2 nitrogen and oxygen atoms in total. The second-order valence-electron chi connectivity index (χ2n) is 3.78. The van der Waals surface area contributed by atoms with E-state index in [0.717, 1.165) is 5.57 Å². The molecule has 82 valence electrons. The summed E-state index contributed by atoms with van der Waals surface area (Å²) in [6, 6.07) is 0. The summed E-state index contributed by atoms with van der Waals surface area (Å²) in [5, 5.41) is 0.398. The maximum atomic E-state index is 11.6. The quantitative estimate of drug-likeness (QED) is 0.534. The highest BCUT2D eigenvalue weighted by Gasteiger charge is 2.28. The summed E-state index contributed by atoms with van der Waals surface area (Å²) in [6.07, 6.45) is 3.20. The molecule has 0 aromatic heterocycles. The maximum absolute atomic E-state index is 11.6. The standard InChI is InChI=1S/C12H15ClO2/c1-7(13)5-6-11-9(3)8(2)10(4)15-12(11)14/h5-6,8,10H,1H2,2-4H3/b6-5-. The zero-order chi connectivity index (χ0) is 11.6. The van der Waals surface area contributed by atoms with Crippen molar-refractivity contribution in [2.45, 2.75) is 26.9 Å². The number of hydrogen-bond donors (Lipinski definition) is 0. The molecule has 15 heavy (non-hydrogen) atoms. The number of carbonyl (C=O) groups excluding carboxylic acids is 1. The lowest BCUT2D eigenvalue weighted by atomic mass is 9.90. The fraction of sp³-hybridized carbons (Fsp3) is 0.417. The number of rotatable bonds is 2. The first-order valence-corrected chi connectivity index (χ1v) is 5.25. The van der Waals surface area contributed by atoms with E-state index < -0.39 is 0 Å². The van der Waals surface area contributed by atoms with Crippen LogP contribution in [0.5, 0.6) is 0 Å². The molecule has 1 aliphatic heterocycles. The molecule has 1 aliphatic rings. The summed E-state index contributed by atoms with van der Waals surface area (Å²) in [5.41, 5.74) is 1.62. The lowest BCUT2D eigenvalue weighted by Crippen LogP contribution is -2.30. The van der Waals surface area contributed by atoms with Gasteiger partial charge in [-0.1, -0.05) is 30.7 Å². The Morgan fingerprint density at radius 1 is 1.53 bits per heavy atom. The lowest BCUT2D eigenvalue weighted by Gasteiger charge is -2.28. The molecule has 0 fully saturated rings. The molecular formula is C12H15ClO2. The van der Waals surface area contributed by atoms with E-state index in [1.54, 1.807) is 12.2 Å². The third kappa shape index (κ3) is 2.72. The van der Waals surface area contributed by atoms with Gasteiger partial charge in [-0.25, -0.2) is 4.79 Å². The summed E-state index contributed by atoms with van der Waals surface area (Å²) >= 11 is 5.60. The van der Waals surface area contributed by atoms with Crippen LogP contribution < -0.4 is 0 Å². The Morgan fingerprint density at radius 3 is 2.67 bits per heavy atom. The van der Waals surface area contributed by atoms with Crippen molar-refractivity contribution in [3.8, 4) is 0 Å². The van der Waals surface area contributed by atoms with Crippen molar-refractivity contribution in [1.29, 1.82) is 0 Å². The smallest absolute Gasteiger partial charge is 0.338 e. The number of cyclic esters (lactones) is 1. The Labute approximate surface area is 95.3 Å². The van der Waals surface area contributed by atoms with Gasteiger partial charge < -0.3 is 4.74 Å². The SMILES string of the molecule is C=C(Cl)/C=C\C1=C(C)C(C)C(C)OC1=O. The van der Waals surface area contributed by atoms with Crippen LogP contribution >= 0.6 is 11.6 Å². The Hall–Kier alpha value is -1.02. The Kier molecular flexibility index (Phi) is 3.75. The maximum Gasteiger partial charge on any atom is 0.338 e. The molecule has 0 aromatic carbocycles. The molecule has 0 amide bonds. The van der Waals surface area contributed by atoms with Gasteiger partial charge in [-0.3, -0.25) is 0 Å². The zero-order valence-electron chi connectivity index (χ0n) is 9.21. The Balaban J connectivity index is 3.03. The fourth-order valence-corrected chi connectivity index (χ4v) is 1.53. The van der Waals surface area contributed by atoms with Crippen molar-refractivity contribution < 1.29 is 9.53 Å². The van der Waals surface area contributed by atoms with Gasteiger partial charge in [0.2, 0.25) is 0 Å². The van der Waals surface area contributed by atoms with Gasteiger partial charge in [0.25, 0.3) is 0 Å². The predicted molar refractivity (Wildman–Crippen MR) is 61.6 cm³/mol. The van der Waals surface area contributed by atoms with Gasteiger partial charge in [-0.2, -0.15) is 0 Å². The molecular weight excluding hydrogens is 212 g/mol. The summed E-state index contributed by atoms with van der Waals surface area (Å²) in [5.74, 6) is -0.0433. The predicted octanol–water partition coefficient (Wildman–Crippen LogP) is 3.19. The first-order valence-electron chi connectivity index (χ1n) is 4.87. The Bertz CT molecular complexity index is 353. The molecule has 0 bridgehead atoms. The van der Waals surface area contributed by atoms with Gasteiger partial charge in [0.05, 0.1) is 5.57 Å². The van der Waals surface area contributed by atoms with Crippen LogP contribution in [0.4, 0.5) is 0 Å². The normalized spacial score (nSPS) is 27.1. The van der Waals surface area contributed by atoms with E-state index >= 15 is 0 Å². The van der Waals surface area contributed by atoms with Gasteiger partial charge in [-0.05, 0) is 26.0 Å². The van der Waals surface area contributed by atoms with Crippen molar-refractivity contribution in [3.05, 3.63) is 34.9 Å². The van der Waals surface area contributed by atoms with Crippen LogP contribution in [0.2, 0.25) is 0 Å². The molecule has 1 heterocycles. The van der Waals surface area contributed by atoms with Crippen molar-refractivity contribution >= 4 is 17.6 Å². The average molecular weight is 227 g/mol. The van der Waals surface area contributed by atoms with Crippen LogP contribution in [-0.4, -0.2) is 12.1 Å². The second kappa shape index (κ2) is 4.67. The summed E-state index contributed by atoms with van der Waals surface area (Å²) in [6.45, 7) is 9.40. The van der Waals surface area contributed by atoms with Gasteiger partial charge in [0, 0.05) is 11.0 Å². The van der Waals surface area contributed by atoms with Crippen LogP contribution in [0.25, 0.3) is 0 Å². The van der Waals surface area contributed by atoms with Gasteiger partial charge in [0.15, 0.2) is 0 Å². The highest BCUT2D eigenvalue weighted by Crippen LogP contribution is 2.27. The van der Waals surface area contributed by atoms with E-state index in [1.165, 1.54) is 0 Å². The van der Waals surface area contributed by atoms with E-state index in [0.29, 0.717) is 10.6 Å². The molecule has 0 aliphatic carbocycles. The minimum Gasteiger partial charge on any atom is -0.458 e. The largest absolute Gasteiger partial charge is 0.458 e. The fourth-order valence-electron chi connectivity index (χ4n) is 1.47. The van der Waals surface area contributed by atoms with Crippen LogP contribution in [0.3, 0.4) is 0 Å². The minimum absolute atomic E-state index is 0.0612. The summed E-state index contributed by atoms with van der Waals surface area (Å²) in [7, 11) is 0. The number of hydrogen-bond acceptors (Lipinski definition) is 2. The monoisotopic (exact) mass is 226 g/mol. The second-order valence-corrected chi connectivity index (χ2v) is 4.26. The molecule has 0 aromatic rings. The van der Waals surface area contributed by atoms with E-state index in [4.69, 9.17) is 16.3 Å². The third-order valence-electron chi connectivity index (χ3n) is 2.76. The van der Waals surface area contributed by atoms with Gasteiger partial charge in [0.1, 0.15) is 6.10 Å². The topological polar surface area (TPSA) is 26.3 Å². The number of allylic oxidation sites excluding steroid dienone is 2. The lowest BCUT2D eigenvalue weighted by molar-refractivity contribution is -0.146.